The summed E-state index contributed by atoms with van der Waals surface area (Å²) in [6.07, 6.45) is 1.21. The summed E-state index contributed by atoms with van der Waals surface area (Å²) in [6.45, 7) is 5.52. The van der Waals surface area contributed by atoms with Gasteiger partial charge < -0.3 is 14.7 Å². The molecule has 0 amide bonds. The van der Waals surface area contributed by atoms with Gasteiger partial charge in [-0.1, -0.05) is 25.1 Å². The van der Waals surface area contributed by atoms with Crippen LogP contribution in [0.2, 0.25) is 0 Å². The van der Waals surface area contributed by atoms with Gasteiger partial charge in [0.2, 0.25) is 0 Å². The normalized spacial score (nSPS) is 19.2. The molecule has 1 aliphatic heterocycles. The molecule has 0 bridgehead atoms. The van der Waals surface area contributed by atoms with E-state index in [0.717, 1.165) is 13.1 Å². The average Bonchev–Trinajstić information content (AvgIpc) is 2.37. The maximum Gasteiger partial charge on any atom is 0.0698 e. The fourth-order valence-corrected chi connectivity index (χ4v) is 2.39. The van der Waals surface area contributed by atoms with Crippen LogP contribution in [-0.2, 0) is 4.74 Å². The highest BCUT2D eigenvalue weighted by molar-refractivity contribution is 5.56. The molecule has 1 heterocycles. The summed E-state index contributed by atoms with van der Waals surface area (Å²) >= 11 is 0. The lowest BCUT2D eigenvalue weighted by Crippen LogP contribution is -2.33. The molecular formula is C14H21NO2. The number of anilines is 1. The molecule has 0 radical (unpaired) electrons. The first-order valence-corrected chi connectivity index (χ1v) is 6.35. The van der Waals surface area contributed by atoms with Gasteiger partial charge >= 0.3 is 0 Å². The maximum absolute atomic E-state index is 8.66. The Morgan fingerprint density at radius 3 is 3.00 bits per heavy atom. The van der Waals surface area contributed by atoms with Crippen molar-refractivity contribution in [2.24, 2.45) is 0 Å². The molecule has 17 heavy (non-hydrogen) atoms. The van der Waals surface area contributed by atoms with Gasteiger partial charge in [0, 0.05) is 18.8 Å². The number of aliphatic hydroxyl groups is 1. The number of rotatable bonds is 5. The number of benzene rings is 1. The van der Waals surface area contributed by atoms with Crippen LogP contribution >= 0.6 is 0 Å². The minimum atomic E-state index is 0.105. The molecule has 3 nitrogen and oxygen atoms in total. The number of hydrogen-bond donors (Lipinski definition) is 1. The van der Waals surface area contributed by atoms with E-state index in [1.54, 1.807) is 0 Å². The van der Waals surface area contributed by atoms with E-state index in [9.17, 15) is 0 Å². The average molecular weight is 235 g/mol. The molecule has 0 aliphatic carbocycles. The Bertz CT molecular complexity index is 354. The van der Waals surface area contributed by atoms with E-state index < -0.39 is 0 Å². The predicted octanol–water partition coefficient (Wildman–Crippen LogP) is 2.01. The summed E-state index contributed by atoms with van der Waals surface area (Å²) in [6, 6.07) is 8.62. The molecule has 3 heteroatoms. The first-order valence-electron chi connectivity index (χ1n) is 6.35. The van der Waals surface area contributed by atoms with Crippen molar-refractivity contribution >= 4 is 5.69 Å². The van der Waals surface area contributed by atoms with Crippen molar-refractivity contribution in [3.63, 3.8) is 0 Å². The number of aliphatic hydroxyl groups excluding tert-OH is 1. The van der Waals surface area contributed by atoms with Gasteiger partial charge in [-0.05, 0) is 24.0 Å². The highest BCUT2D eigenvalue weighted by Crippen LogP contribution is 2.34. The van der Waals surface area contributed by atoms with E-state index in [-0.39, 0.29) is 6.61 Å². The third kappa shape index (κ3) is 2.99. The van der Waals surface area contributed by atoms with E-state index in [4.69, 9.17) is 9.84 Å². The van der Waals surface area contributed by atoms with Gasteiger partial charge in [0.05, 0.1) is 19.8 Å². The minimum Gasteiger partial charge on any atom is -0.394 e. The number of hydrogen-bond acceptors (Lipinski definition) is 3. The largest absolute Gasteiger partial charge is 0.394 e. The van der Waals surface area contributed by atoms with Crippen LogP contribution < -0.4 is 4.90 Å². The molecule has 1 aromatic carbocycles. The molecule has 1 aromatic rings. The fourth-order valence-electron chi connectivity index (χ4n) is 2.39. The van der Waals surface area contributed by atoms with Gasteiger partial charge in [0.1, 0.15) is 0 Å². The Morgan fingerprint density at radius 1 is 1.35 bits per heavy atom. The summed E-state index contributed by atoms with van der Waals surface area (Å²) in [5, 5.41) is 8.66. The van der Waals surface area contributed by atoms with E-state index >= 15 is 0 Å². The van der Waals surface area contributed by atoms with Gasteiger partial charge in [0.15, 0.2) is 0 Å². The van der Waals surface area contributed by atoms with Crippen LogP contribution in [0.4, 0.5) is 5.69 Å². The van der Waals surface area contributed by atoms with Crippen molar-refractivity contribution < 1.29 is 9.84 Å². The second kappa shape index (κ2) is 6.03. The predicted molar refractivity (Wildman–Crippen MR) is 69.6 cm³/mol. The van der Waals surface area contributed by atoms with Crippen molar-refractivity contribution in [1.29, 1.82) is 0 Å². The lowest BCUT2D eigenvalue weighted by atomic mass is 9.92. The van der Waals surface area contributed by atoms with Crippen LogP contribution in [0.25, 0.3) is 0 Å². The zero-order valence-electron chi connectivity index (χ0n) is 10.4. The second-order valence-electron chi connectivity index (χ2n) is 4.57. The van der Waals surface area contributed by atoms with Gasteiger partial charge in [-0.15, -0.1) is 0 Å². The highest BCUT2D eigenvalue weighted by atomic mass is 16.5. The summed E-state index contributed by atoms with van der Waals surface area (Å²) in [5.74, 6) is 0.654. The van der Waals surface area contributed by atoms with Crippen LogP contribution in [0.15, 0.2) is 24.3 Å². The molecule has 94 valence electrons. The zero-order chi connectivity index (χ0) is 12.1. The Kier molecular flexibility index (Phi) is 4.40. The van der Waals surface area contributed by atoms with Crippen molar-refractivity contribution in [3.8, 4) is 0 Å². The molecular weight excluding hydrogens is 214 g/mol. The van der Waals surface area contributed by atoms with Crippen LogP contribution in [0.1, 0.15) is 24.8 Å². The molecule has 0 spiro atoms. The van der Waals surface area contributed by atoms with Gasteiger partial charge in [-0.25, -0.2) is 0 Å². The van der Waals surface area contributed by atoms with Gasteiger partial charge in [0.25, 0.3) is 0 Å². The van der Waals surface area contributed by atoms with Crippen LogP contribution in [0.3, 0.4) is 0 Å². The van der Waals surface area contributed by atoms with Crippen LogP contribution in [-0.4, -0.2) is 38.0 Å². The molecule has 0 aromatic heterocycles. The van der Waals surface area contributed by atoms with E-state index in [2.05, 4.69) is 36.1 Å². The monoisotopic (exact) mass is 235 g/mol. The summed E-state index contributed by atoms with van der Waals surface area (Å²) in [5.41, 5.74) is 2.79. The molecule has 1 unspecified atom stereocenters. The Morgan fingerprint density at radius 2 is 2.18 bits per heavy atom. The van der Waals surface area contributed by atoms with Crippen molar-refractivity contribution in [3.05, 3.63) is 29.8 Å². The van der Waals surface area contributed by atoms with E-state index in [0.29, 0.717) is 19.1 Å². The van der Waals surface area contributed by atoms with Crippen molar-refractivity contribution in [1.82, 2.24) is 0 Å². The first-order chi connectivity index (χ1) is 8.33. The molecule has 2 rings (SSSR count). The fraction of sp³-hybridized carbons (Fsp3) is 0.571. The number of fused-ring (bicyclic) bond motifs is 1. The van der Waals surface area contributed by atoms with Crippen molar-refractivity contribution in [2.45, 2.75) is 19.3 Å². The molecule has 0 fully saturated rings. The standard InChI is InChI=1S/C14H21NO2/c1-12-6-7-15(8-10-17-11-9-16)14-5-3-2-4-13(12)14/h2-5,12,16H,6-11H2,1H3. The van der Waals surface area contributed by atoms with Crippen LogP contribution in [0.5, 0.6) is 0 Å². The maximum atomic E-state index is 8.66. The first kappa shape index (κ1) is 12.4. The summed E-state index contributed by atoms with van der Waals surface area (Å²) < 4.78 is 5.34. The van der Waals surface area contributed by atoms with Gasteiger partial charge in [-0.3, -0.25) is 0 Å². The second-order valence-corrected chi connectivity index (χ2v) is 4.57. The quantitative estimate of drug-likeness (QED) is 0.792. The number of nitrogens with zero attached hydrogens (tertiary/aromatic N) is 1. The molecule has 1 aliphatic rings. The van der Waals surface area contributed by atoms with E-state index in [1.807, 2.05) is 0 Å². The highest BCUT2D eigenvalue weighted by Gasteiger charge is 2.20. The topological polar surface area (TPSA) is 32.7 Å². The summed E-state index contributed by atoms with van der Waals surface area (Å²) in [4.78, 5) is 2.38. The Balaban J connectivity index is 1.98. The van der Waals surface area contributed by atoms with Gasteiger partial charge in [-0.2, -0.15) is 0 Å². The zero-order valence-corrected chi connectivity index (χ0v) is 10.4. The lowest BCUT2D eigenvalue weighted by Gasteiger charge is -2.34. The SMILES string of the molecule is CC1CCN(CCOCCO)c2ccccc21. The molecule has 1 N–H and O–H groups in total. The molecule has 0 saturated carbocycles. The van der Waals surface area contributed by atoms with E-state index in [1.165, 1.54) is 17.7 Å². The minimum absolute atomic E-state index is 0.105. The lowest BCUT2D eigenvalue weighted by molar-refractivity contribution is 0.0964. The van der Waals surface area contributed by atoms with Crippen LogP contribution in [0, 0.1) is 0 Å². The Labute approximate surface area is 103 Å². The molecule has 0 saturated heterocycles. The smallest absolute Gasteiger partial charge is 0.0698 e. The molecule has 1 atom stereocenters. The number of para-hydroxylation sites is 1. The number of ether oxygens (including phenoxy) is 1. The summed E-state index contributed by atoms with van der Waals surface area (Å²) in [7, 11) is 0. The van der Waals surface area contributed by atoms with Crippen molar-refractivity contribution in [2.75, 3.05) is 37.8 Å². The Hall–Kier alpha value is -1.06. The third-order valence-corrected chi connectivity index (χ3v) is 3.38. The third-order valence-electron chi connectivity index (χ3n) is 3.38.